The number of hydrogen-bond donors (Lipinski definition) is 2. The van der Waals surface area contributed by atoms with Crippen LogP contribution in [0.4, 0.5) is 5.69 Å². The second-order valence-corrected chi connectivity index (χ2v) is 7.82. The van der Waals surface area contributed by atoms with Crippen LogP contribution in [0.1, 0.15) is 64.0 Å². The van der Waals surface area contributed by atoms with E-state index in [1.807, 2.05) is 6.92 Å². The maximum Gasteiger partial charge on any atom is 0.225 e. The van der Waals surface area contributed by atoms with Gasteiger partial charge in [-0.05, 0) is 57.2 Å². The normalized spacial score (nSPS) is 26.4. The first-order valence-electron chi connectivity index (χ1n) is 9.41. The van der Waals surface area contributed by atoms with E-state index < -0.39 is 0 Å². The lowest BCUT2D eigenvalue weighted by Gasteiger charge is -2.37. The third-order valence-corrected chi connectivity index (χ3v) is 5.77. The van der Waals surface area contributed by atoms with E-state index in [-0.39, 0.29) is 48.2 Å². The molecule has 1 saturated carbocycles. The van der Waals surface area contributed by atoms with Crippen molar-refractivity contribution in [3.8, 4) is 0 Å². The molecule has 3 unspecified atom stereocenters. The van der Waals surface area contributed by atoms with E-state index >= 15 is 0 Å². The largest absolute Gasteiger partial charge is 0.372 e. The van der Waals surface area contributed by atoms with Crippen molar-refractivity contribution < 1.29 is 4.79 Å². The molecule has 1 saturated heterocycles. The zero-order valence-electron chi connectivity index (χ0n) is 15.9. The third-order valence-electron chi connectivity index (χ3n) is 5.77. The number of nitrogens with zero attached hydrogens (tertiary/aromatic N) is 1. The van der Waals surface area contributed by atoms with Gasteiger partial charge < -0.3 is 16.0 Å². The summed E-state index contributed by atoms with van der Waals surface area (Å²) in [6, 6.07) is 8.60. The third kappa shape index (κ3) is 5.28. The number of carbonyl (C=O) groups excluding carboxylic acids is 1. The summed E-state index contributed by atoms with van der Waals surface area (Å²) < 4.78 is 0. The van der Waals surface area contributed by atoms with Crippen LogP contribution in [0.3, 0.4) is 0 Å². The Labute approximate surface area is 170 Å². The quantitative estimate of drug-likeness (QED) is 0.793. The van der Waals surface area contributed by atoms with E-state index in [1.54, 1.807) is 0 Å². The predicted octanol–water partition coefficient (Wildman–Crippen LogP) is 4.22. The topological polar surface area (TPSA) is 58.4 Å². The molecule has 3 rings (SSSR count). The van der Waals surface area contributed by atoms with E-state index in [2.05, 4.69) is 41.4 Å². The van der Waals surface area contributed by atoms with Gasteiger partial charge in [-0.15, -0.1) is 24.8 Å². The van der Waals surface area contributed by atoms with Gasteiger partial charge in [0.1, 0.15) is 0 Å². The minimum Gasteiger partial charge on any atom is -0.372 e. The molecule has 3 N–H and O–H groups in total. The van der Waals surface area contributed by atoms with E-state index in [9.17, 15) is 4.79 Å². The van der Waals surface area contributed by atoms with E-state index in [4.69, 9.17) is 5.73 Å². The summed E-state index contributed by atoms with van der Waals surface area (Å²) in [5.41, 5.74) is 8.44. The molecular weight excluding hydrogens is 369 g/mol. The van der Waals surface area contributed by atoms with Crippen LogP contribution in [0.25, 0.3) is 0 Å². The molecule has 0 aromatic heterocycles. The highest BCUT2D eigenvalue weighted by atomic mass is 35.5. The van der Waals surface area contributed by atoms with E-state index in [0.29, 0.717) is 0 Å². The summed E-state index contributed by atoms with van der Waals surface area (Å²) in [6.45, 7) is 6.36. The fourth-order valence-corrected chi connectivity index (χ4v) is 4.15. The number of benzene rings is 1. The standard InChI is InChI=1S/C20H31N3O.2ClH/c1-15(22-19(24)18-10-3-4-11-20(18,2)21)16-8-7-9-17(14-16)23-12-5-6-13-23;;/h7-9,14-15,18H,3-6,10-13,21H2,1-2H3,(H,22,24);2*1H. The highest BCUT2D eigenvalue weighted by Crippen LogP contribution is 2.32. The van der Waals surface area contributed by atoms with Crippen molar-refractivity contribution in [2.75, 3.05) is 18.0 Å². The van der Waals surface area contributed by atoms with Crippen molar-refractivity contribution in [3.05, 3.63) is 29.8 Å². The van der Waals surface area contributed by atoms with E-state index in [0.717, 1.165) is 38.8 Å². The number of halogens is 2. The predicted molar refractivity (Wildman–Crippen MR) is 113 cm³/mol. The Morgan fingerprint density at radius 3 is 2.58 bits per heavy atom. The molecule has 1 aliphatic heterocycles. The molecule has 1 amide bonds. The number of hydrogen-bond acceptors (Lipinski definition) is 3. The molecule has 0 bridgehead atoms. The molecule has 26 heavy (non-hydrogen) atoms. The van der Waals surface area contributed by atoms with Crippen LogP contribution >= 0.6 is 24.8 Å². The Kier molecular flexibility index (Phi) is 8.71. The molecule has 1 aliphatic carbocycles. The summed E-state index contributed by atoms with van der Waals surface area (Å²) in [5, 5.41) is 3.20. The van der Waals surface area contributed by atoms with Gasteiger partial charge in [-0.2, -0.15) is 0 Å². The van der Waals surface area contributed by atoms with Crippen LogP contribution in [0.5, 0.6) is 0 Å². The number of amides is 1. The van der Waals surface area contributed by atoms with Gasteiger partial charge >= 0.3 is 0 Å². The van der Waals surface area contributed by atoms with Crippen LogP contribution in [-0.2, 0) is 4.79 Å². The Balaban J connectivity index is 0.00000169. The van der Waals surface area contributed by atoms with Crippen molar-refractivity contribution >= 4 is 36.4 Å². The maximum absolute atomic E-state index is 12.7. The van der Waals surface area contributed by atoms with Crippen molar-refractivity contribution in [1.82, 2.24) is 5.32 Å². The number of nitrogens with one attached hydrogen (secondary N) is 1. The highest BCUT2D eigenvalue weighted by molar-refractivity contribution is 5.85. The van der Waals surface area contributed by atoms with Gasteiger partial charge in [0.05, 0.1) is 12.0 Å². The zero-order valence-corrected chi connectivity index (χ0v) is 17.5. The molecule has 148 valence electrons. The second kappa shape index (κ2) is 9.82. The van der Waals surface area contributed by atoms with Gasteiger partial charge in [0.25, 0.3) is 0 Å². The number of carbonyl (C=O) groups is 1. The summed E-state index contributed by atoms with van der Waals surface area (Å²) in [5.74, 6) is 0.0363. The van der Waals surface area contributed by atoms with E-state index in [1.165, 1.54) is 24.1 Å². The lowest BCUT2D eigenvalue weighted by molar-refractivity contribution is -0.128. The highest BCUT2D eigenvalue weighted by Gasteiger charge is 2.38. The first kappa shape index (κ1) is 23.1. The Morgan fingerprint density at radius 2 is 1.92 bits per heavy atom. The number of rotatable bonds is 4. The van der Waals surface area contributed by atoms with Gasteiger partial charge in [0, 0.05) is 24.3 Å². The van der Waals surface area contributed by atoms with Crippen LogP contribution in [0.2, 0.25) is 0 Å². The van der Waals surface area contributed by atoms with Crippen molar-refractivity contribution in [1.29, 1.82) is 0 Å². The number of anilines is 1. The van der Waals surface area contributed by atoms with Crippen molar-refractivity contribution in [2.24, 2.45) is 11.7 Å². The van der Waals surface area contributed by atoms with Crippen LogP contribution in [0.15, 0.2) is 24.3 Å². The Bertz CT molecular complexity index is 588. The average Bonchev–Trinajstić information content (AvgIpc) is 3.09. The van der Waals surface area contributed by atoms with Gasteiger partial charge in [-0.25, -0.2) is 0 Å². The Hall–Kier alpha value is -0.970. The average molecular weight is 402 g/mol. The molecule has 2 fully saturated rings. The smallest absolute Gasteiger partial charge is 0.225 e. The fourth-order valence-electron chi connectivity index (χ4n) is 4.15. The Morgan fingerprint density at radius 1 is 1.23 bits per heavy atom. The van der Waals surface area contributed by atoms with Gasteiger partial charge in [-0.3, -0.25) is 4.79 Å². The molecule has 6 heteroatoms. The second-order valence-electron chi connectivity index (χ2n) is 7.82. The van der Waals surface area contributed by atoms with Crippen molar-refractivity contribution in [2.45, 2.75) is 64.0 Å². The lowest BCUT2D eigenvalue weighted by atomic mass is 9.74. The summed E-state index contributed by atoms with van der Waals surface area (Å²) >= 11 is 0. The molecule has 4 nitrogen and oxygen atoms in total. The summed E-state index contributed by atoms with van der Waals surface area (Å²) in [6.07, 6.45) is 6.61. The molecule has 2 aliphatic rings. The molecule has 1 heterocycles. The van der Waals surface area contributed by atoms with Gasteiger partial charge in [0.2, 0.25) is 5.91 Å². The maximum atomic E-state index is 12.7. The first-order valence-corrected chi connectivity index (χ1v) is 9.41. The SMILES string of the molecule is CC(NC(=O)C1CCCCC1(C)N)c1cccc(N2CCCC2)c1.Cl.Cl. The van der Waals surface area contributed by atoms with Crippen molar-refractivity contribution in [3.63, 3.8) is 0 Å². The van der Waals surface area contributed by atoms with Crippen LogP contribution < -0.4 is 16.0 Å². The fraction of sp³-hybridized carbons (Fsp3) is 0.650. The zero-order chi connectivity index (χ0) is 17.2. The molecule has 1 aromatic rings. The van der Waals surface area contributed by atoms with Crippen LogP contribution in [-0.4, -0.2) is 24.5 Å². The lowest BCUT2D eigenvalue weighted by Crippen LogP contribution is -2.53. The summed E-state index contributed by atoms with van der Waals surface area (Å²) in [4.78, 5) is 15.2. The van der Waals surface area contributed by atoms with Gasteiger partial charge in [-0.1, -0.05) is 25.0 Å². The molecule has 3 atom stereocenters. The monoisotopic (exact) mass is 401 g/mol. The van der Waals surface area contributed by atoms with Crippen LogP contribution in [0, 0.1) is 5.92 Å². The molecule has 1 aromatic carbocycles. The summed E-state index contributed by atoms with van der Waals surface area (Å²) in [7, 11) is 0. The first-order chi connectivity index (χ1) is 11.5. The minimum absolute atomic E-state index is 0. The number of nitrogens with two attached hydrogens (primary N) is 1. The minimum atomic E-state index is -0.376. The molecule has 0 spiro atoms. The van der Waals surface area contributed by atoms with Gasteiger partial charge in [0.15, 0.2) is 0 Å². The molecule has 0 radical (unpaired) electrons. The molecular formula is C20H33Cl2N3O.